The highest BCUT2D eigenvalue weighted by atomic mass is 16.5. The molecule has 0 fully saturated rings. The summed E-state index contributed by atoms with van der Waals surface area (Å²) in [5.74, 6) is -1.93. The first-order valence-electron chi connectivity index (χ1n) is 4.54. The van der Waals surface area contributed by atoms with Gasteiger partial charge in [0.2, 0.25) is 0 Å². The smallest absolute Gasteiger partial charge is 0.311 e. The van der Waals surface area contributed by atoms with E-state index in [1.165, 1.54) is 6.26 Å². The normalized spacial score (nSPS) is 13.9. The Kier molecular flexibility index (Phi) is 5.60. The van der Waals surface area contributed by atoms with E-state index in [1.54, 1.807) is 20.8 Å². The van der Waals surface area contributed by atoms with Crippen LogP contribution in [-0.4, -0.2) is 24.0 Å². The fraction of sp³-hybridized carbons (Fsp3) is 0.600. The van der Waals surface area contributed by atoms with Gasteiger partial charge < -0.3 is 9.84 Å². The number of hydrogen-bond donors (Lipinski definition) is 1. The van der Waals surface area contributed by atoms with Gasteiger partial charge in [-0.1, -0.05) is 13.8 Å². The van der Waals surface area contributed by atoms with Gasteiger partial charge >= 0.3 is 5.97 Å². The second-order valence-corrected chi connectivity index (χ2v) is 3.25. The van der Waals surface area contributed by atoms with Gasteiger partial charge in [-0.05, 0) is 12.8 Å². The van der Waals surface area contributed by atoms with E-state index in [1.807, 2.05) is 0 Å². The van der Waals surface area contributed by atoms with Crippen LogP contribution in [0.15, 0.2) is 11.8 Å². The Balaban J connectivity index is 4.76. The van der Waals surface area contributed by atoms with Gasteiger partial charge in [0.25, 0.3) is 0 Å². The highest BCUT2D eigenvalue weighted by molar-refractivity contribution is 5.85. The van der Waals surface area contributed by atoms with Crippen molar-refractivity contribution < 1.29 is 19.4 Å². The van der Waals surface area contributed by atoms with Crippen LogP contribution >= 0.6 is 0 Å². The third-order valence-electron chi connectivity index (χ3n) is 1.81. The van der Waals surface area contributed by atoms with Crippen molar-refractivity contribution in [2.45, 2.75) is 20.8 Å². The molecule has 14 heavy (non-hydrogen) atoms. The lowest BCUT2D eigenvalue weighted by Gasteiger charge is -2.15. The van der Waals surface area contributed by atoms with E-state index < -0.39 is 11.9 Å². The van der Waals surface area contributed by atoms with Gasteiger partial charge in [0, 0.05) is 5.57 Å². The van der Waals surface area contributed by atoms with Gasteiger partial charge in [-0.2, -0.15) is 0 Å². The Hall–Kier alpha value is -1.32. The maximum absolute atomic E-state index is 10.8. The number of carbonyl (C=O) groups is 2. The maximum Gasteiger partial charge on any atom is 0.311 e. The molecule has 0 rings (SSSR count). The molecule has 1 atom stereocenters. The van der Waals surface area contributed by atoms with Crippen LogP contribution in [0.25, 0.3) is 0 Å². The van der Waals surface area contributed by atoms with Crippen LogP contribution in [0, 0.1) is 11.8 Å². The van der Waals surface area contributed by atoms with E-state index >= 15 is 0 Å². The maximum atomic E-state index is 10.8. The van der Waals surface area contributed by atoms with Crippen LogP contribution in [0.2, 0.25) is 0 Å². The van der Waals surface area contributed by atoms with Crippen molar-refractivity contribution in [3.63, 3.8) is 0 Å². The van der Waals surface area contributed by atoms with Crippen molar-refractivity contribution in [2.24, 2.45) is 11.8 Å². The van der Waals surface area contributed by atoms with Gasteiger partial charge in [-0.25, -0.2) is 0 Å². The first-order valence-corrected chi connectivity index (χ1v) is 4.54. The molecule has 4 heteroatoms. The van der Waals surface area contributed by atoms with E-state index in [4.69, 9.17) is 9.84 Å². The largest absolute Gasteiger partial charge is 0.501 e. The summed E-state index contributed by atoms with van der Waals surface area (Å²) in [5, 5.41) is 8.89. The molecule has 0 radical (unpaired) electrons. The second kappa shape index (κ2) is 6.18. The monoisotopic (exact) mass is 200 g/mol. The second-order valence-electron chi connectivity index (χ2n) is 3.25. The Morgan fingerprint density at radius 1 is 1.50 bits per heavy atom. The number of rotatable bonds is 6. The molecule has 0 aromatic rings. The first-order chi connectivity index (χ1) is 6.54. The fourth-order valence-corrected chi connectivity index (χ4v) is 1.17. The summed E-state index contributed by atoms with van der Waals surface area (Å²) < 4.78 is 4.91. The molecule has 0 aromatic heterocycles. The molecule has 4 nitrogen and oxygen atoms in total. The predicted molar refractivity (Wildman–Crippen MR) is 51.7 cm³/mol. The predicted octanol–water partition coefficient (Wildman–Crippen LogP) is 1.46. The van der Waals surface area contributed by atoms with Gasteiger partial charge in [0.15, 0.2) is 0 Å². The summed E-state index contributed by atoms with van der Waals surface area (Å²) in [6.07, 6.45) is 1.76. The van der Waals surface area contributed by atoms with Crippen LogP contribution in [-0.2, 0) is 14.3 Å². The first kappa shape index (κ1) is 12.7. The SMILES string of the molecule is CCO/C=C(\C=O)C(C(=O)O)C(C)C. The lowest BCUT2D eigenvalue weighted by atomic mass is 9.89. The van der Waals surface area contributed by atoms with E-state index in [9.17, 15) is 9.59 Å². The standard InChI is InChI=1S/C10H16O4/c1-4-14-6-8(5-11)9(7(2)3)10(12)13/h5-7,9H,4H2,1-3H3,(H,12,13)/b8-6+. The molecule has 80 valence electrons. The molecule has 0 heterocycles. The van der Waals surface area contributed by atoms with Crippen molar-refractivity contribution in [2.75, 3.05) is 6.61 Å². The van der Waals surface area contributed by atoms with Crippen LogP contribution in [0.3, 0.4) is 0 Å². The minimum atomic E-state index is -1.00. The number of aliphatic carboxylic acids is 1. The molecule has 0 amide bonds. The van der Waals surface area contributed by atoms with Crippen molar-refractivity contribution in [1.29, 1.82) is 0 Å². The summed E-state index contributed by atoms with van der Waals surface area (Å²) in [5.41, 5.74) is 0.175. The summed E-state index contributed by atoms with van der Waals surface area (Å²) in [7, 11) is 0. The zero-order valence-electron chi connectivity index (χ0n) is 8.69. The topological polar surface area (TPSA) is 63.6 Å². The van der Waals surface area contributed by atoms with Crippen molar-refractivity contribution in [3.05, 3.63) is 11.8 Å². The van der Waals surface area contributed by atoms with Crippen LogP contribution in [0.4, 0.5) is 0 Å². The minimum Gasteiger partial charge on any atom is -0.501 e. The summed E-state index contributed by atoms with van der Waals surface area (Å²) in [4.78, 5) is 21.5. The molecule has 1 N–H and O–H groups in total. The quantitative estimate of drug-likeness (QED) is 0.400. The third-order valence-corrected chi connectivity index (χ3v) is 1.81. The number of hydrogen-bond acceptors (Lipinski definition) is 3. The summed E-state index contributed by atoms with van der Waals surface area (Å²) in [6.45, 7) is 5.69. The zero-order valence-corrected chi connectivity index (χ0v) is 8.69. The van der Waals surface area contributed by atoms with Gasteiger partial charge in [-0.3, -0.25) is 9.59 Å². The Morgan fingerprint density at radius 2 is 2.07 bits per heavy atom. The molecule has 0 aliphatic rings. The summed E-state index contributed by atoms with van der Waals surface area (Å²) >= 11 is 0. The Morgan fingerprint density at radius 3 is 2.36 bits per heavy atom. The molecule has 0 spiro atoms. The average molecular weight is 200 g/mol. The van der Waals surface area contributed by atoms with E-state index in [0.717, 1.165) is 0 Å². The molecule has 0 aliphatic heterocycles. The number of carbonyl (C=O) groups excluding carboxylic acids is 1. The van der Waals surface area contributed by atoms with E-state index in [0.29, 0.717) is 12.9 Å². The van der Waals surface area contributed by atoms with Crippen molar-refractivity contribution in [3.8, 4) is 0 Å². The van der Waals surface area contributed by atoms with Crippen molar-refractivity contribution in [1.82, 2.24) is 0 Å². The number of aldehydes is 1. The lowest BCUT2D eigenvalue weighted by Crippen LogP contribution is -2.23. The highest BCUT2D eigenvalue weighted by Crippen LogP contribution is 2.19. The average Bonchev–Trinajstić information content (AvgIpc) is 2.10. The van der Waals surface area contributed by atoms with Crippen LogP contribution < -0.4 is 0 Å². The van der Waals surface area contributed by atoms with Gasteiger partial charge in [-0.15, -0.1) is 0 Å². The molecule has 0 aromatic carbocycles. The lowest BCUT2D eigenvalue weighted by molar-refractivity contribution is -0.142. The zero-order chi connectivity index (χ0) is 11.1. The van der Waals surface area contributed by atoms with Crippen LogP contribution in [0.1, 0.15) is 20.8 Å². The third kappa shape index (κ3) is 3.60. The molecule has 0 bridgehead atoms. The molecule has 1 unspecified atom stereocenters. The van der Waals surface area contributed by atoms with Crippen molar-refractivity contribution >= 4 is 12.3 Å². The van der Waals surface area contributed by atoms with Gasteiger partial charge in [0.05, 0.1) is 18.8 Å². The number of ether oxygens (including phenoxy) is 1. The van der Waals surface area contributed by atoms with Gasteiger partial charge in [0.1, 0.15) is 6.29 Å². The Labute approximate surface area is 83.6 Å². The number of carboxylic acids is 1. The highest BCUT2D eigenvalue weighted by Gasteiger charge is 2.25. The van der Waals surface area contributed by atoms with Crippen LogP contribution in [0.5, 0.6) is 0 Å². The molecule has 0 saturated heterocycles. The molecule has 0 saturated carbocycles. The summed E-state index contributed by atoms with van der Waals surface area (Å²) in [6, 6.07) is 0. The fourth-order valence-electron chi connectivity index (χ4n) is 1.17. The molecule has 0 aliphatic carbocycles. The van der Waals surface area contributed by atoms with E-state index in [2.05, 4.69) is 0 Å². The van der Waals surface area contributed by atoms with E-state index in [-0.39, 0.29) is 11.5 Å². The Bertz CT molecular complexity index is 230. The molecular formula is C10H16O4. The number of carboxylic acid groups (broad SMARTS) is 1. The molecular weight excluding hydrogens is 184 g/mol. The minimum absolute atomic E-state index is 0.135.